The van der Waals surface area contributed by atoms with Crippen LogP contribution < -0.4 is 0 Å². The largest absolute Gasteiger partial charge is 0.481 e. The summed E-state index contributed by atoms with van der Waals surface area (Å²) >= 11 is 1.27. The van der Waals surface area contributed by atoms with E-state index in [0.29, 0.717) is 17.7 Å². The first kappa shape index (κ1) is 23.3. The fourth-order valence-corrected chi connectivity index (χ4v) is 4.26. The number of carboxylic acid groups (broad SMARTS) is 1. The molecule has 3 rings (SSSR count). The zero-order valence-corrected chi connectivity index (χ0v) is 17.5. The lowest BCUT2D eigenvalue weighted by Crippen LogP contribution is -2.06. The molecule has 0 bridgehead atoms. The van der Waals surface area contributed by atoms with Crippen molar-refractivity contribution in [2.75, 3.05) is 0 Å². The van der Waals surface area contributed by atoms with E-state index in [1.807, 2.05) is 24.3 Å². The van der Waals surface area contributed by atoms with Gasteiger partial charge in [0.15, 0.2) is 17.5 Å². The predicted octanol–water partition coefficient (Wildman–Crippen LogP) is 7.37. The molecule has 2 aromatic carbocycles. The van der Waals surface area contributed by atoms with Crippen molar-refractivity contribution in [3.63, 3.8) is 0 Å². The van der Waals surface area contributed by atoms with Gasteiger partial charge in [-0.15, -0.1) is 0 Å². The summed E-state index contributed by atoms with van der Waals surface area (Å²) in [5, 5.41) is 8.35. The number of hydrogen-bond donors (Lipinski definition) is 1. The highest BCUT2D eigenvalue weighted by Gasteiger charge is 2.24. The lowest BCUT2D eigenvalue weighted by atomic mass is 10.0. The van der Waals surface area contributed by atoms with E-state index in [-0.39, 0.29) is 5.56 Å². The normalized spacial score (nSPS) is 11.9. The summed E-state index contributed by atoms with van der Waals surface area (Å²) in [6, 6.07) is 8.54. The highest BCUT2D eigenvalue weighted by Crippen LogP contribution is 2.41. The first-order valence-electron chi connectivity index (χ1n) is 10.1. The van der Waals surface area contributed by atoms with Crippen LogP contribution in [-0.4, -0.2) is 11.1 Å². The minimum Gasteiger partial charge on any atom is -0.481 e. The third-order valence-corrected chi connectivity index (χ3v) is 5.98. The summed E-state index contributed by atoms with van der Waals surface area (Å²) in [6.07, 6.45) is 8.95. The van der Waals surface area contributed by atoms with E-state index in [0.717, 1.165) is 29.4 Å². The maximum Gasteiger partial charge on any atom is 0.303 e. The van der Waals surface area contributed by atoms with E-state index in [2.05, 4.69) is 6.92 Å². The Hall–Kier alpha value is -1.95. The van der Waals surface area contributed by atoms with Crippen LogP contribution in [0.2, 0.25) is 0 Å². The van der Waals surface area contributed by atoms with E-state index in [1.165, 1.54) is 43.9 Å². The molecule has 0 unspecified atom stereocenters. The van der Waals surface area contributed by atoms with Gasteiger partial charge in [0, 0.05) is 28.2 Å². The summed E-state index contributed by atoms with van der Waals surface area (Å²) in [4.78, 5) is 11.6. The Morgan fingerprint density at radius 3 is 2.31 bits per heavy atom. The van der Waals surface area contributed by atoms with Gasteiger partial charge >= 0.3 is 5.97 Å². The molecule has 1 aliphatic heterocycles. The van der Waals surface area contributed by atoms with Crippen molar-refractivity contribution in [2.45, 2.75) is 74.5 Å². The summed E-state index contributed by atoms with van der Waals surface area (Å²) in [6.45, 7) is 2.20. The highest BCUT2D eigenvalue weighted by atomic mass is 32.2. The Morgan fingerprint density at radius 1 is 0.966 bits per heavy atom. The molecule has 0 amide bonds. The monoisotopic (exact) mass is 424 g/mol. The van der Waals surface area contributed by atoms with Crippen LogP contribution in [0.25, 0.3) is 0 Å². The maximum absolute atomic E-state index is 13.6. The van der Waals surface area contributed by atoms with Gasteiger partial charge in [-0.05, 0) is 24.1 Å². The van der Waals surface area contributed by atoms with Crippen molar-refractivity contribution in [2.24, 2.45) is 0 Å². The van der Waals surface area contributed by atoms with Crippen molar-refractivity contribution in [1.29, 1.82) is 0 Å². The predicted molar refractivity (Wildman–Crippen MR) is 110 cm³/mol. The summed E-state index contributed by atoms with van der Waals surface area (Å²) < 4.78 is 39.9. The second kappa shape index (κ2) is 11.9. The fourth-order valence-electron chi connectivity index (χ4n) is 3.16. The number of carboxylic acids is 1. The topological polar surface area (TPSA) is 37.3 Å². The maximum atomic E-state index is 13.6. The Morgan fingerprint density at radius 2 is 1.62 bits per heavy atom. The van der Waals surface area contributed by atoms with Crippen LogP contribution in [0.4, 0.5) is 13.2 Å². The highest BCUT2D eigenvalue weighted by molar-refractivity contribution is 7.99. The Labute approximate surface area is 174 Å². The molecule has 0 spiro atoms. The molecule has 1 aliphatic rings. The summed E-state index contributed by atoms with van der Waals surface area (Å²) in [7, 11) is 0. The van der Waals surface area contributed by atoms with Gasteiger partial charge in [-0.2, -0.15) is 0 Å². The first-order valence-corrected chi connectivity index (χ1v) is 10.9. The van der Waals surface area contributed by atoms with Crippen molar-refractivity contribution < 1.29 is 23.1 Å². The second-order valence-electron chi connectivity index (χ2n) is 7.11. The molecule has 1 heterocycles. The Kier molecular flexibility index (Phi) is 9.58. The third kappa shape index (κ3) is 7.11. The van der Waals surface area contributed by atoms with Crippen LogP contribution in [0, 0.1) is 17.5 Å². The zero-order chi connectivity index (χ0) is 21.2. The van der Waals surface area contributed by atoms with E-state index < -0.39 is 23.4 Å². The van der Waals surface area contributed by atoms with Crippen LogP contribution in [0.5, 0.6) is 0 Å². The lowest BCUT2D eigenvalue weighted by molar-refractivity contribution is -0.137. The van der Waals surface area contributed by atoms with Crippen LogP contribution in [0.3, 0.4) is 0 Å². The molecule has 0 aliphatic carbocycles. The number of carbonyl (C=O) groups is 1. The van der Waals surface area contributed by atoms with E-state index in [1.54, 1.807) is 0 Å². The van der Waals surface area contributed by atoms with Gasteiger partial charge in [0.25, 0.3) is 0 Å². The molecular weight excluding hydrogens is 397 g/mol. The quantitative estimate of drug-likeness (QED) is 0.303. The van der Waals surface area contributed by atoms with Crippen LogP contribution >= 0.6 is 11.8 Å². The van der Waals surface area contributed by atoms with Crippen LogP contribution in [-0.2, 0) is 11.2 Å². The van der Waals surface area contributed by atoms with E-state index in [9.17, 15) is 18.0 Å². The molecular formula is C23H27F3O2S. The second-order valence-corrected chi connectivity index (χ2v) is 8.20. The zero-order valence-electron chi connectivity index (χ0n) is 16.6. The molecule has 0 aromatic heterocycles. The standard InChI is InChI=1S/C13H7F3S.C10H20O2/c14-9-6-11-8(12(15)13(9)16)5-7-3-1-2-4-10(7)17-11;1-2-3-4-5-6-7-8-9-10(11)12/h1-4,6H,5H2;2-9H2,1H3,(H,11,12). The fraction of sp³-hybridized carbons (Fsp3) is 0.435. The minimum absolute atomic E-state index is 0.243. The van der Waals surface area contributed by atoms with Crippen molar-refractivity contribution >= 4 is 17.7 Å². The third-order valence-electron chi connectivity index (χ3n) is 4.78. The van der Waals surface area contributed by atoms with Crippen LogP contribution in [0.1, 0.15) is 69.4 Å². The van der Waals surface area contributed by atoms with Gasteiger partial charge in [0.2, 0.25) is 0 Å². The summed E-state index contributed by atoms with van der Waals surface area (Å²) in [5.41, 5.74) is 1.18. The molecule has 0 atom stereocenters. The van der Waals surface area contributed by atoms with Crippen molar-refractivity contribution in [3.05, 3.63) is 58.9 Å². The average Bonchev–Trinajstić information content (AvgIpc) is 2.71. The molecule has 2 nitrogen and oxygen atoms in total. The molecule has 6 heteroatoms. The van der Waals surface area contributed by atoms with Gasteiger partial charge in [-0.1, -0.05) is 75.4 Å². The molecule has 1 N–H and O–H groups in total. The smallest absolute Gasteiger partial charge is 0.303 e. The molecule has 29 heavy (non-hydrogen) atoms. The van der Waals surface area contributed by atoms with Crippen molar-refractivity contribution in [1.82, 2.24) is 0 Å². The SMILES string of the molecule is CCCCCCCCCC(=O)O.Fc1cc2c(c(F)c1F)Cc1ccccc1S2. The minimum atomic E-state index is -1.39. The molecule has 2 aromatic rings. The van der Waals surface area contributed by atoms with Crippen LogP contribution in [0.15, 0.2) is 40.1 Å². The number of halogens is 3. The van der Waals surface area contributed by atoms with E-state index in [4.69, 9.17) is 5.11 Å². The molecule has 0 fully saturated rings. The molecule has 0 saturated heterocycles. The van der Waals surface area contributed by atoms with Gasteiger partial charge < -0.3 is 5.11 Å². The van der Waals surface area contributed by atoms with E-state index >= 15 is 0 Å². The molecule has 0 radical (unpaired) electrons. The lowest BCUT2D eigenvalue weighted by Gasteiger charge is -2.19. The number of hydrogen-bond acceptors (Lipinski definition) is 2. The van der Waals surface area contributed by atoms with Gasteiger partial charge in [0.1, 0.15) is 0 Å². The molecule has 0 saturated carbocycles. The Bertz CT molecular complexity index is 824. The summed E-state index contributed by atoms with van der Waals surface area (Å²) in [5.74, 6) is -4.25. The van der Waals surface area contributed by atoms with Crippen molar-refractivity contribution in [3.8, 4) is 0 Å². The number of rotatable bonds is 8. The average molecular weight is 425 g/mol. The number of aliphatic carboxylic acids is 1. The number of unbranched alkanes of at least 4 members (excludes halogenated alkanes) is 6. The number of fused-ring (bicyclic) bond motifs is 2. The Balaban J connectivity index is 0.000000223. The van der Waals surface area contributed by atoms with Gasteiger partial charge in [0.05, 0.1) is 0 Å². The first-order chi connectivity index (χ1) is 13.9. The number of benzene rings is 2. The molecule has 158 valence electrons. The van der Waals surface area contributed by atoms with Gasteiger partial charge in [-0.3, -0.25) is 4.79 Å². The van der Waals surface area contributed by atoms with Gasteiger partial charge in [-0.25, -0.2) is 13.2 Å².